The molecule has 0 spiro atoms. The Morgan fingerprint density at radius 2 is 2.33 bits per heavy atom. The van der Waals surface area contributed by atoms with E-state index in [1.54, 1.807) is 5.56 Å². The zero-order valence-corrected chi connectivity index (χ0v) is 9.00. The van der Waals surface area contributed by atoms with Crippen molar-refractivity contribution in [3.63, 3.8) is 0 Å². The van der Waals surface area contributed by atoms with Crippen LogP contribution < -0.4 is 11.1 Å². The Morgan fingerprint density at radius 1 is 1.40 bits per heavy atom. The second kappa shape index (κ2) is 3.62. The maximum atomic E-state index is 5.70. The highest BCUT2D eigenvalue weighted by Gasteiger charge is 2.33. The molecule has 2 heteroatoms. The highest BCUT2D eigenvalue weighted by atomic mass is 14.9. The summed E-state index contributed by atoms with van der Waals surface area (Å²) in [6.45, 7) is 1.86. The first-order chi connectivity index (χ1) is 7.38. The number of nitrogens with two attached hydrogens (primary N) is 1. The monoisotopic (exact) mass is 202 g/mol. The highest BCUT2D eigenvalue weighted by Crippen LogP contribution is 2.38. The van der Waals surface area contributed by atoms with Crippen molar-refractivity contribution < 1.29 is 0 Å². The molecule has 0 unspecified atom stereocenters. The number of piperidine rings is 1. The molecule has 80 valence electrons. The fraction of sp³-hybridized carbons (Fsp3) is 0.538. The lowest BCUT2D eigenvalue weighted by molar-refractivity contribution is 0.372. The van der Waals surface area contributed by atoms with Crippen LogP contribution in [0.1, 0.15) is 35.4 Å². The van der Waals surface area contributed by atoms with Crippen LogP contribution in [0.4, 0.5) is 0 Å². The van der Waals surface area contributed by atoms with Crippen LogP contribution in [0.3, 0.4) is 0 Å². The maximum absolute atomic E-state index is 5.70. The smallest absolute Gasteiger partial charge is 0.0178 e. The summed E-state index contributed by atoms with van der Waals surface area (Å²) in [6, 6.07) is 7.47. The Kier molecular flexibility index (Phi) is 2.26. The SMILES string of the molecule is NCc1ccc2c(c1)[C@H]1CCCN[C@H]1C2. The minimum atomic E-state index is 0.665. The molecule has 1 aliphatic heterocycles. The van der Waals surface area contributed by atoms with Gasteiger partial charge >= 0.3 is 0 Å². The molecule has 1 fully saturated rings. The van der Waals surface area contributed by atoms with Gasteiger partial charge in [0.15, 0.2) is 0 Å². The van der Waals surface area contributed by atoms with Gasteiger partial charge in [0.2, 0.25) is 0 Å². The molecular formula is C13H18N2. The van der Waals surface area contributed by atoms with E-state index in [0.717, 1.165) is 5.92 Å². The molecule has 1 aromatic rings. The molecule has 0 amide bonds. The average molecular weight is 202 g/mol. The van der Waals surface area contributed by atoms with Gasteiger partial charge in [-0.05, 0) is 48.4 Å². The van der Waals surface area contributed by atoms with Crippen LogP contribution in [0.15, 0.2) is 18.2 Å². The topological polar surface area (TPSA) is 38.0 Å². The van der Waals surface area contributed by atoms with E-state index >= 15 is 0 Å². The van der Waals surface area contributed by atoms with Gasteiger partial charge in [-0.2, -0.15) is 0 Å². The molecule has 15 heavy (non-hydrogen) atoms. The van der Waals surface area contributed by atoms with Crippen molar-refractivity contribution in [2.75, 3.05) is 6.54 Å². The van der Waals surface area contributed by atoms with Gasteiger partial charge < -0.3 is 11.1 Å². The van der Waals surface area contributed by atoms with Gasteiger partial charge in [0, 0.05) is 12.6 Å². The highest BCUT2D eigenvalue weighted by molar-refractivity contribution is 5.41. The average Bonchev–Trinajstić information content (AvgIpc) is 2.66. The lowest BCUT2D eigenvalue weighted by atomic mass is 9.89. The van der Waals surface area contributed by atoms with Crippen molar-refractivity contribution in [3.05, 3.63) is 34.9 Å². The summed E-state index contributed by atoms with van der Waals surface area (Å²) in [5, 5.41) is 3.63. The summed E-state index contributed by atoms with van der Waals surface area (Å²) in [6.07, 6.45) is 3.87. The van der Waals surface area contributed by atoms with Gasteiger partial charge in [-0.25, -0.2) is 0 Å². The Morgan fingerprint density at radius 3 is 3.20 bits per heavy atom. The predicted octanol–water partition coefficient (Wildman–Crippen LogP) is 1.54. The van der Waals surface area contributed by atoms with E-state index in [9.17, 15) is 0 Å². The third-order valence-electron chi connectivity index (χ3n) is 3.87. The molecule has 2 atom stereocenters. The van der Waals surface area contributed by atoms with Crippen LogP contribution in [0, 0.1) is 0 Å². The molecule has 0 bridgehead atoms. The van der Waals surface area contributed by atoms with E-state index in [1.165, 1.54) is 36.9 Å². The molecule has 0 saturated carbocycles. The Bertz CT molecular complexity index is 373. The van der Waals surface area contributed by atoms with E-state index in [2.05, 4.69) is 23.5 Å². The molecule has 3 rings (SSSR count). The first-order valence-electron chi connectivity index (χ1n) is 5.93. The fourth-order valence-corrected chi connectivity index (χ4v) is 3.08. The minimum absolute atomic E-state index is 0.665. The lowest BCUT2D eigenvalue weighted by Crippen LogP contribution is -2.37. The van der Waals surface area contributed by atoms with Crippen LogP contribution in [0.25, 0.3) is 0 Å². The standard InChI is InChI=1S/C13H18N2/c14-8-9-3-4-10-7-13-11(12(10)6-9)2-1-5-15-13/h3-4,6,11,13,15H,1-2,5,7-8,14H2/t11-,13+/m1/s1. The van der Waals surface area contributed by atoms with Crippen LogP contribution >= 0.6 is 0 Å². The number of fused-ring (bicyclic) bond motifs is 3. The molecule has 2 aliphatic rings. The lowest BCUT2D eigenvalue weighted by Gasteiger charge is -2.27. The van der Waals surface area contributed by atoms with Crippen molar-refractivity contribution in [1.82, 2.24) is 5.32 Å². The molecule has 1 heterocycles. The van der Waals surface area contributed by atoms with Gasteiger partial charge in [0.1, 0.15) is 0 Å². The number of hydrogen-bond acceptors (Lipinski definition) is 2. The normalized spacial score (nSPS) is 28.6. The van der Waals surface area contributed by atoms with Crippen LogP contribution in [-0.4, -0.2) is 12.6 Å². The van der Waals surface area contributed by atoms with Gasteiger partial charge in [-0.1, -0.05) is 18.2 Å². The van der Waals surface area contributed by atoms with Crippen LogP contribution in [0.2, 0.25) is 0 Å². The third kappa shape index (κ3) is 1.48. The Balaban J connectivity index is 1.98. The summed E-state index contributed by atoms with van der Waals surface area (Å²) in [5.74, 6) is 0.750. The van der Waals surface area contributed by atoms with Crippen LogP contribution in [0.5, 0.6) is 0 Å². The zero-order chi connectivity index (χ0) is 10.3. The quantitative estimate of drug-likeness (QED) is 0.725. The van der Waals surface area contributed by atoms with E-state index in [4.69, 9.17) is 5.73 Å². The second-order valence-electron chi connectivity index (χ2n) is 4.75. The van der Waals surface area contributed by atoms with Crippen molar-refractivity contribution >= 4 is 0 Å². The summed E-state index contributed by atoms with van der Waals surface area (Å²) in [7, 11) is 0. The van der Waals surface area contributed by atoms with E-state index in [1.807, 2.05) is 0 Å². The predicted molar refractivity (Wildman–Crippen MR) is 61.8 cm³/mol. The first-order valence-corrected chi connectivity index (χ1v) is 5.93. The molecule has 3 N–H and O–H groups in total. The molecule has 1 saturated heterocycles. The zero-order valence-electron chi connectivity index (χ0n) is 9.00. The van der Waals surface area contributed by atoms with Crippen molar-refractivity contribution in [1.29, 1.82) is 0 Å². The molecular weight excluding hydrogens is 184 g/mol. The number of benzene rings is 1. The minimum Gasteiger partial charge on any atom is -0.326 e. The summed E-state index contributed by atoms with van der Waals surface area (Å²) in [5.41, 5.74) is 10.1. The van der Waals surface area contributed by atoms with Crippen LogP contribution in [-0.2, 0) is 13.0 Å². The largest absolute Gasteiger partial charge is 0.326 e. The number of hydrogen-bond donors (Lipinski definition) is 2. The second-order valence-corrected chi connectivity index (χ2v) is 4.75. The van der Waals surface area contributed by atoms with Gasteiger partial charge in [0.25, 0.3) is 0 Å². The van der Waals surface area contributed by atoms with Crippen molar-refractivity contribution in [2.24, 2.45) is 5.73 Å². The molecule has 1 aromatic carbocycles. The van der Waals surface area contributed by atoms with Gasteiger partial charge in [0.05, 0.1) is 0 Å². The summed E-state index contributed by atoms with van der Waals surface area (Å²) in [4.78, 5) is 0. The molecule has 0 aromatic heterocycles. The Hall–Kier alpha value is -0.860. The van der Waals surface area contributed by atoms with Gasteiger partial charge in [-0.3, -0.25) is 0 Å². The Labute approximate surface area is 90.9 Å². The van der Waals surface area contributed by atoms with Gasteiger partial charge in [-0.15, -0.1) is 0 Å². The maximum Gasteiger partial charge on any atom is 0.0178 e. The summed E-state index contributed by atoms with van der Waals surface area (Å²) < 4.78 is 0. The first kappa shape index (κ1) is 9.37. The number of rotatable bonds is 1. The molecule has 1 aliphatic carbocycles. The van der Waals surface area contributed by atoms with Crippen molar-refractivity contribution in [3.8, 4) is 0 Å². The molecule has 2 nitrogen and oxygen atoms in total. The van der Waals surface area contributed by atoms with E-state index in [0.29, 0.717) is 12.6 Å². The van der Waals surface area contributed by atoms with Crippen molar-refractivity contribution in [2.45, 2.75) is 37.8 Å². The number of nitrogens with one attached hydrogen (secondary N) is 1. The summed E-state index contributed by atoms with van der Waals surface area (Å²) >= 11 is 0. The van der Waals surface area contributed by atoms with E-state index < -0.39 is 0 Å². The third-order valence-corrected chi connectivity index (χ3v) is 3.87. The molecule has 0 radical (unpaired) electrons. The fourth-order valence-electron chi connectivity index (χ4n) is 3.08. The van der Waals surface area contributed by atoms with E-state index in [-0.39, 0.29) is 0 Å².